The molecule has 0 fully saturated rings. The van der Waals surface area contributed by atoms with E-state index in [0.717, 1.165) is 81.8 Å². The van der Waals surface area contributed by atoms with Gasteiger partial charge in [0.15, 0.2) is 0 Å². The minimum atomic E-state index is 0.0205. The Morgan fingerprint density at radius 3 is 1.02 bits per heavy atom. The number of rotatable bonds is 16. The van der Waals surface area contributed by atoms with Crippen LogP contribution in [0.5, 0.6) is 0 Å². The standard InChI is InChI=1S/C93H82B32/c1-18-26-32-36-38-40-43-47-54-71-72(55-48-42-39-37-33-27-19-2)80-79(78-68(50-31-23-6)66(49-24-7)65(25-8)64(17)73(71)78)69(52-44-30-22-5)67(51-45-35-29-21-4)70(53-46-41-34-28-20-3)81(80)82-74-60(13)56(9)58(11)62(15)76(74)83(77-63(16)59(12)57(10)61(14)75(77)82)84-85-86(87(94)88(112-95)89(84)115(98)99)91(119(124(109)110)125(111)114-97)93(118(122(105)106)123(107)108)92(117(113-96)121(103)104)90(85)116(100)120(101)102/h1,4,6,8,112-114H,94-111H2,2-3,5,7,9-17H3. The molecule has 0 aliphatic carbocycles. The van der Waals surface area contributed by atoms with Gasteiger partial charge in [-0.15, -0.1) is 48.0 Å². The van der Waals surface area contributed by atoms with Gasteiger partial charge >= 0.3 is 0 Å². The molecule has 0 unspecified atom stereocenters. The van der Waals surface area contributed by atoms with Crippen LogP contribution in [-0.2, 0) is 0 Å². The predicted octanol–water partition coefficient (Wildman–Crippen LogP) is -13.4. The van der Waals surface area contributed by atoms with E-state index in [1.165, 1.54) is 54.9 Å². The molecule has 0 radical (unpaired) electrons. The highest BCUT2D eigenvalue weighted by atomic mass is 14.4. The fourth-order valence-corrected chi connectivity index (χ4v) is 19.5. The summed E-state index contributed by atoms with van der Waals surface area (Å²) in [6.07, 6.45) is 26.5. The van der Waals surface area contributed by atoms with Crippen LogP contribution >= 0.6 is 0 Å². The van der Waals surface area contributed by atoms with Crippen LogP contribution in [0.15, 0.2) is 0 Å². The van der Waals surface area contributed by atoms with E-state index in [2.05, 4.69) is 420 Å². The van der Waals surface area contributed by atoms with Crippen molar-refractivity contribution in [2.45, 2.75) is 90.0 Å². The first kappa shape index (κ1) is 98.3. The van der Waals surface area contributed by atoms with Gasteiger partial charge < -0.3 is 0 Å². The van der Waals surface area contributed by atoms with E-state index in [9.17, 15) is 0 Å². The summed E-state index contributed by atoms with van der Waals surface area (Å²) in [6, 6.07) is 0. The smallest absolute Gasteiger partial charge is 0.115 e. The molecule has 8 aromatic carbocycles. The summed E-state index contributed by atoms with van der Waals surface area (Å²) in [7, 11) is 47.5. The van der Waals surface area contributed by atoms with Crippen LogP contribution in [0.2, 0.25) is 0 Å². The Morgan fingerprint density at radius 2 is 0.632 bits per heavy atom. The Kier molecular flexibility index (Phi) is 35.0. The van der Waals surface area contributed by atoms with Crippen molar-refractivity contribution in [3.63, 3.8) is 0 Å². The average Bonchev–Trinajstić information content (AvgIpc) is 0.672. The summed E-state index contributed by atoms with van der Waals surface area (Å²) in [6.45, 7) is 28.2. The van der Waals surface area contributed by atoms with Crippen molar-refractivity contribution in [3.05, 3.63) is 94.6 Å². The first-order valence-electron chi connectivity index (χ1n) is 43.7. The lowest BCUT2D eigenvalue weighted by molar-refractivity contribution is 1.24. The molecule has 0 nitrogen and oxygen atoms in total. The van der Waals surface area contributed by atoms with Gasteiger partial charge in [0, 0.05) is 78.0 Å². The van der Waals surface area contributed by atoms with E-state index in [1.54, 1.807) is 44.1 Å². The second-order valence-corrected chi connectivity index (χ2v) is 34.3. The molecule has 0 aliphatic rings. The lowest BCUT2D eigenvalue weighted by Gasteiger charge is -2.42. The Bertz CT molecular complexity index is 7340. The Balaban J connectivity index is 2.19. The summed E-state index contributed by atoms with van der Waals surface area (Å²) < 4.78 is 0. The van der Waals surface area contributed by atoms with Crippen LogP contribution in [0.25, 0.3) is 76.1 Å². The minimum Gasteiger partial charge on any atom is -0.115 e. The minimum absolute atomic E-state index is 0.0205. The van der Waals surface area contributed by atoms with Crippen LogP contribution in [-0.4, -0.2) is 231 Å². The highest BCUT2D eigenvalue weighted by molar-refractivity contribution is 7.89. The highest BCUT2D eigenvalue weighted by Crippen LogP contribution is 2.55. The molecule has 550 valence electrons. The third kappa shape index (κ3) is 19.4. The zero-order valence-electron chi connectivity index (χ0n) is 79.8. The lowest BCUT2D eigenvalue weighted by atomic mass is 8.66. The Hall–Kier alpha value is -12.1. The Labute approximate surface area is 774 Å². The average molecular weight is 1550 g/mol. The summed E-state index contributed by atoms with van der Waals surface area (Å²) in [5.41, 5.74) is 27.2. The third-order valence-corrected chi connectivity index (χ3v) is 25.7. The number of hydrogen-bond donors (Lipinski definition) is 0. The van der Waals surface area contributed by atoms with Crippen LogP contribution in [0.3, 0.4) is 0 Å². The number of benzene rings is 8. The molecule has 0 saturated heterocycles. The molecular weight excluding hydrogens is 1460 g/mol. The fraction of sp³-hybridized carbons (Fsp3) is 0.140. The molecule has 8 aromatic rings. The van der Waals surface area contributed by atoms with Crippen LogP contribution in [0.1, 0.15) is 122 Å². The van der Waals surface area contributed by atoms with Crippen LogP contribution in [0, 0.1) is 313 Å². The number of aryl methyl sites for hydroxylation is 5. The highest BCUT2D eigenvalue weighted by Gasteiger charge is 2.44. The SMILES string of the molecule is BBB(B)B(B(B)B)c1c(B(B(B)B)B(B)B)c(B(BB)B(B)B)c(B(B)B(B)B)c2c(-c3c4c(C)c(C)c(C)c(C)c4c(-c4c(C#CC#CC#CC)c(C#CC#CC#C)c(C#CC#CC)c5c4c(C#CC#CC#CC#CC)c(C#CC#CC#CC#CC#C)c4c(C)c(C#C)c(C#CC)c(C#CC#C)c45)c4c(C)c(C)c(C)c(C)c34)c(B(B)B)c(BB)c(B)c12. The molecule has 8 rings (SSSR count). The normalized spacial score (nSPS) is 9.10. The van der Waals surface area contributed by atoms with Crippen molar-refractivity contribution >= 4 is 324 Å². The van der Waals surface area contributed by atoms with E-state index in [4.69, 9.17) is 25.7 Å². The van der Waals surface area contributed by atoms with Crippen molar-refractivity contribution in [1.29, 1.82) is 0 Å². The molecule has 0 heterocycles. The van der Waals surface area contributed by atoms with Gasteiger partial charge in [-0.25, -0.2) is 0 Å². The zero-order chi connectivity index (χ0) is 92.3. The molecule has 125 heavy (non-hydrogen) atoms. The largest absolute Gasteiger partial charge is 0.139 e. The topological polar surface area (TPSA) is 0 Å². The zero-order valence-corrected chi connectivity index (χ0v) is 79.8. The monoisotopic (exact) mass is 1550 g/mol. The van der Waals surface area contributed by atoms with Crippen molar-refractivity contribution in [2.75, 3.05) is 0 Å². The molecule has 0 amide bonds. The van der Waals surface area contributed by atoms with Gasteiger partial charge in [0.1, 0.15) is 21.5 Å². The van der Waals surface area contributed by atoms with E-state index < -0.39 is 0 Å². The molecule has 0 N–H and O–H groups in total. The quantitative estimate of drug-likeness (QED) is 0.0391. The van der Waals surface area contributed by atoms with Crippen molar-refractivity contribution in [1.82, 2.24) is 0 Å². The van der Waals surface area contributed by atoms with E-state index in [1.807, 2.05) is 6.92 Å². The molecule has 32 heteroatoms. The summed E-state index contributed by atoms with van der Waals surface area (Å²) in [4.78, 5) is 0. The van der Waals surface area contributed by atoms with Crippen LogP contribution in [0.4, 0.5) is 0 Å². The molecular formula is C93H82B32. The van der Waals surface area contributed by atoms with E-state index in [0.29, 0.717) is 103 Å². The van der Waals surface area contributed by atoms with Gasteiger partial charge in [-0.05, 0) is 343 Å². The van der Waals surface area contributed by atoms with Gasteiger partial charge in [0.25, 0.3) is 0 Å². The summed E-state index contributed by atoms with van der Waals surface area (Å²) in [5.74, 6) is 117. The van der Waals surface area contributed by atoms with Crippen molar-refractivity contribution in [2.24, 2.45) is 0 Å². The van der Waals surface area contributed by atoms with E-state index in [-0.39, 0.29) is 45.2 Å². The summed E-state index contributed by atoms with van der Waals surface area (Å²) in [5, 5.41) is 9.18. The summed E-state index contributed by atoms with van der Waals surface area (Å²) >= 11 is 0. The molecule has 0 aromatic heterocycles. The number of terminal acetylenes is 4. The second-order valence-electron chi connectivity index (χ2n) is 34.3. The first-order valence-corrected chi connectivity index (χ1v) is 43.7. The maximum Gasteiger partial charge on any atom is 0.139 e. The first-order chi connectivity index (χ1) is 59.8. The Morgan fingerprint density at radius 1 is 0.264 bits per heavy atom. The lowest BCUT2D eigenvalue weighted by Crippen LogP contribution is -2.80. The third-order valence-electron chi connectivity index (χ3n) is 25.7. The van der Waals surface area contributed by atoms with Gasteiger partial charge in [0.2, 0.25) is 0 Å². The second kappa shape index (κ2) is 44.5. The number of hydrogen-bond acceptors (Lipinski definition) is 0. The molecule has 0 saturated carbocycles. The van der Waals surface area contributed by atoms with Crippen molar-refractivity contribution < 1.29 is 0 Å². The maximum atomic E-state index is 6.83. The predicted molar refractivity (Wildman–Crippen MR) is 626 cm³/mol. The fourth-order valence-electron chi connectivity index (χ4n) is 19.5. The molecule has 0 bridgehead atoms. The van der Waals surface area contributed by atoms with Gasteiger partial charge in [-0.1, -0.05) is 87.0 Å². The van der Waals surface area contributed by atoms with E-state index >= 15 is 0 Å². The van der Waals surface area contributed by atoms with Gasteiger partial charge in [-0.3, -0.25) is 0 Å². The van der Waals surface area contributed by atoms with Crippen molar-refractivity contribution in [3.8, 4) is 273 Å². The molecule has 0 aliphatic heterocycles. The number of fused-ring (bicyclic) bond motifs is 6. The molecule has 0 spiro atoms. The van der Waals surface area contributed by atoms with Gasteiger partial charge in [0.05, 0.1) is 204 Å². The van der Waals surface area contributed by atoms with Gasteiger partial charge in [-0.2, -0.15) is 0 Å². The maximum absolute atomic E-state index is 6.83. The van der Waals surface area contributed by atoms with Crippen LogP contribution < -0.4 is 38.2 Å². The molecule has 0 atom stereocenters.